The van der Waals surface area contributed by atoms with Gasteiger partial charge in [-0.25, -0.2) is 9.59 Å². The van der Waals surface area contributed by atoms with Crippen LogP contribution in [-0.4, -0.2) is 70.8 Å². The average molecular weight is 309 g/mol. The van der Waals surface area contributed by atoms with Crippen molar-refractivity contribution < 1.29 is 19.1 Å². The Bertz CT molecular complexity index is 612. The Morgan fingerprint density at radius 3 is 2.68 bits per heavy atom. The van der Waals surface area contributed by atoms with Crippen LogP contribution < -0.4 is 5.32 Å². The number of aromatic nitrogens is 2. The fourth-order valence-corrected chi connectivity index (χ4v) is 2.19. The van der Waals surface area contributed by atoms with Crippen LogP contribution in [-0.2, 0) is 16.6 Å². The van der Waals surface area contributed by atoms with E-state index in [9.17, 15) is 14.4 Å². The van der Waals surface area contributed by atoms with Crippen LogP contribution in [0.15, 0.2) is 6.07 Å². The lowest BCUT2D eigenvalue weighted by molar-refractivity contribution is -0.135. The van der Waals surface area contributed by atoms with Crippen molar-refractivity contribution in [2.24, 2.45) is 7.05 Å². The van der Waals surface area contributed by atoms with Crippen molar-refractivity contribution in [1.29, 1.82) is 0 Å². The van der Waals surface area contributed by atoms with Gasteiger partial charge in [-0.15, -0.1) is 0 Å². The Kier molecular flexibility index (Phi) is 4.34. The van der Waals surface area contributed by atoms with Crippen LogP contribution in [0.1, 0.15) is 17.4 Å². The number of hydrogen-bond acceptors (Lipinski definition) is 5. The van der Waals surface area contributed by atoms with Gasteiger partial charge in [-0.3, -0.25) is 14.8 Å². The van der Waals surface area contributed by atoms with Gasteiger partial charge >= 0.3 is 12.0 Å². The van der Waals surface area contributed by atoms with Gasteiger partial charge in [0.05, 0.1) is 7.11 Å². The molecule has 1 aliphatic heterocycles. The SMILES string of the molecule is COC(=O)c1cc(NC(=O)N2CC(=O)N(C)C(C)C2)nn1C. The molecule has 1 unspecified atom stereocenters. The minimum Gasteiger partial charge on any atom is -0.464 e. The van der Waals surface area contributed by atoms with E-state index in [2.05, 4.69) is 15.2 Å². The van der Waals surface area contributed by atoms with Gasteiger partial charge in [-0.1, -0.05) is 0 Å². The summed E-state index contributed by atoms with van der Waals surface area (Å²) >= 11 is 0. The minimum absolute atomic E-state index is 0.0172. The third-order valence-electron chi connectivity index (χ3n) is 3.66. The van der Waals surface area contributed by atoms with E-state index in [1.54, 1.807) is 19.0 Å². The van der Waals surface area contributed by atoms with Gasteiger partial charge in [0.15, 0.2) is 5.82 Å². The highest BCUT2D eigenvalue weighted by Gasteiger charge is 2.30. The lowest BCUT2D eigenvalue weighted by Gasteiger charge is -2.36. The number of ether oxygens (including phenoxy) is 1. The van der Waals surface area contributed by atoms with Crippen molar-refractivity contribution in [3.63, 3.8) is 0 Å². The van der Waals surface area contributed by atoms with Crippen molar-refractivity contribution in [2.45, 2.75) is 13.0 Å². The Morgan fingerprint density at radius 2 is 2.09 bits per heavy atom. The van der Waals surface area contributed by atoms with Crippen LogP contribution in [0.3, 0.4) is 0 Å². The number of nitrogens with zero attached hydrogens (tertiary/aromatic N) is 4. The summed E-state index contributed by atoms with van der Waals surface area (Å²) in [5.74, 6) is -0.434. The predicted molar refractivity (Wildman–Crippen MR) is 77.4 cm³/mol. The highest BCUT2D eigenvalue weighted by Crippen LogP contribution is 2.13. The van der Waals surface area contributed by atoms with E-state index in [0.717, 1.165) is 0 Å². The number of likely N-dealkylation sites (N-methyl/N-ethyl adjacent to an activating group) is 1. The van der Waals surface area contributed by atoms with Crippen LogP contribution in [0.2, 0.25) is 0 Å². The summed E-state index contributed by atoms with van der Waals surface area (Å²) in [5.41, 5.74) is 0.223. The second kappa shape index (κ2) is 6.04. The summed E-state index contributed by atoms with van der Waals surface area (Å²) in [6, 6.07) is 0.939. The maximum Gasteiger partial charge on any atom is 0.356 e. The lowest BCUT2D eigenvalue weighted by atomic mass is 10.2. The van der Waals surface area contributed by atoms with Gasteiger partial charge < -0.3 is 14.5 Å². The van der Waals surface area contributed by atoms with Crippen LogP contribution in [0.25, 0.3) is 0 Å². The Morgan fingerprint density at radius 1 is 1.41 bits per heavy atom. The number of methoxy groups -OCH3 is 1. The maximum absolute atomic E-state index is 12.2. The number of aryl methyl sites for hydroxylation is 1. The first-order chi connectivity index (χ1) is 10.3. The molecule has 1 saturated heterocycles. The number of urea groups is 1. The zero-order valence-electron chi connectivity index (χ0n) is 13.0. The summed E-state index contributed by atoms with van der Waals surface area (Å²) in [4.78, 5) is 38.5. The molecule has 9 heteroatoms. The first kappa shape index (κ1) is 15.8. The Labute approximate surface area is 127 Å². The second-order valence-corrected chi connectivity index (χ2v) is 5.19. The standard InChI is InChI=1S/C13H19N5O4/c1-8-6-18(7-11(19)16(8)2)13(21)14-10-5-9(12(20)22-4)17(3)15-10/h5,8H,6-7H2,1-4H3,(H,14,15,21). The van der Waals surface area contributed by atoms with Crippen LogP contribution in [0.4, 0.5) is 10.6 Å². The fourth-order valence-electron chi connectivity index (χ4n) is 2.19. The molecular weight excluding hydrogens is 290 g/mol. The molecule has 2 rings (SSSR count). The number of hydrogen-bond donors (Lipinski definition) is 1. The van der Waals surface area contributed by atoms with Crippen molar-refractivity contribution in [1.82, 2.24) is 19.6 Å². The number of carbonyl (C=O) groups excluding carboxylic acids is 3. The van der Waals surface area contributed by atoms with Gasteiger partial charge in [0, 0.05) is 32.7 Å². The number of nitrogens with one attached hydrogen (secondary N) is 1. The highest BCUT2D eigenvalue weighted by molar-refractivity contribution is 5.94. The average Bonchev–Trinajstić information content (AvgIpc) is 2.83. The van der Waals surface area contributed by atoms with E-state index < -0.39 is 12.0 Å². The van der Waals surface area contributed by atoms with Gasteiger partial charge in [0.25, 0.3) is 0 Å². The summed E-state index contributed by atoms with van der Waals surface area (Å²) in [6.07, 6.45) is 0. The molecule has 1 aliphatic rings. The largest absolute Gasteiger partial charge is 0.464 e. The molecule has 0 aromatic carbocycles. The van der Waals surface area contributed by atoms with E-state index in [0.29, 0.717) is 6.54 Å². The lowest BCUT2D eigenvalue weighted by Crippen LogP contribution is -2.56. The molecule has 1 atom stereocenters. The van der Waals surface area contributed by atoms with Crippen molar-refractivity contribution in [3.8, 4) is 0 Å². The number of esters is 1. The van der Waals surface area contributed by atoms with E-state index in [-0.39, 0.29) is 30.0 Å². The van der Waals surface area contributed by atoms with Crippen LogP contribution in [0.5, 0.6) is 0 Å². The third-order valence-corrected chi connectivity index (χ3v) is 3.66. The molecule has 1 aromatic heterocycles. The first-order valence-corrected chi connectivity index (χ1v) is 6.77. The summed E-state index contributed by atoms with van der Waals surface area (Å²) < 4.78 is 5.94. The maximum atomic E-state index is 12.2. The molecule has 0 bridgehead atoms. The minimum atomic E-state index is -0.543. The van der Waals surface area contributed by atoms with E-state index in [1.165, 1.54) is 22.8 Å². The molecule has 1 fully saturated rings. The van der Waals surface area contributed by atoms with Gasteiger partial charge in [0.1, 0.15) is 12.2 Å². The summed E-state index contributed by atoms with van der Waals surface area (Å²) in [7, 11) is 4.55. The summed E-state index contributed by atoms with van der Waals surface area (Å²) in [6.45, 7) is 2.32. The molecule has 3 amide bonds. The molecule has 2 heterocycles. The molecule has 1 N–H and O–H groups in total. The molecule has 120 valence electrons. The number of carbonyl (C=O) groups is 3. The van der Waals surface area contributed by atoms with Crippen LogP contribution >= 0.6 is 0 Å². The van der Waals surface area contributed by atoms with Crippen molar-refractivity contribution in [2.75, 3.05) is 32.6 Å². The van der Waals surface area contributed by atoms with Crippen molar-refractivity contribution in [3.05, 3.63) is 11.8 Å². The van der Waals surface area contributed by atoms with Gasteiger partial charge in [-0.2, -0.15) is 5.10 Å². The van der Waals surface area contributed by atoms with E-state index >= 15 is 0 Å². The van der Waals surface area contributed by atoms with E-state index in [4.69, 9.17) is 0 Å². The molecule has 0 aliphatic carbocycles. The quantitative estimate of drug-likeness (QED) is 0.770. The number of amides is 3. The molecule has 0 radical (unpaired) electrons. The third kappa shape index (κ3) is 3.02. The molecule has 9 nitrogen and oxygen atoms in total. The smallest absolute Gasteiger partial charge is 0.356 e. The topological polar surface area (TPSA) is 96.8 Å². The van der Waals surface area contributed by atoms with E-state index in [1.807, 2.05) is 6.92 Å². The highest BCUT2D eigenvalue weighted by atomic mass is 16.5. The van der Waals surface area contributed by atoms with Crippen LogP contribution in [0, 0.1) is 0 Å². The van der Waals surface area contributed by atoms with Gasteiger partial charge in [-0.05, 0) is 6.92 Å². The molecule has 22 heavy (non-hydrogen) atoms. The normalized spacial score (nSPS) is 18.4. The predicted octanol–water partition coefficient (Wildman–Crippen LogP) is -0.0989. The number of anilines is 1. The second-order valence-electron chi connectivity index (χ2n) is 5.19. The molecule has 1 aromatic rings. The summed E-state index contributed by atoms with van der Waals surface area (Å²) in [5, 5.41) is 6.61. The van der Waals surface area contributed by atoms with Crippen molar-refractivity contribution >= 4 is 23.7 Å². The zero-order valence-corrected chi connectivity index (χ0v) is 13.0. The molecular formula is C13H19N5O4. The fraction of sp³-hybridized carbons (Fsp3) is 0.538. The molecule has 0 spiro atoms. The number of rotatable bonds is 2. The number of piperazine rings is 1. The Balaban J connectivity index is 2.06. The molecule has 0 saturated carbocycles. The van der Waals surface area contributed by atoms with Gasteiger partial charge in [0.2, 0.25) is 5.91 Å². The first-order valence-electron chi connectivity index (χ1n) is 6.77. The monoisotopic (exact) mass is 309 g/mol. The Hall–Kier alpha value is -2.58. The zero-order chi connectivity index (χ0) is 16.4.